The topological polar surface area (TPSA) is 72.2 Å². The number of nitrogens with one attached hydrogen (secondary N) is 1. The van der Waals surface area contributed by atoms with Gasteiger partial charge in [0.15, 0.2) is 0 Å². The lowest BCUT2D eigenvalue weighted by atomic mass is 9.85. The van der Waals surface area contributed by atoms with E-state index in [9.17, 15) is 26.0 Å². The van der Waals surface area contributed by atoms with Crippen molar-refractivity contribution < 1.29 is 26.0 Å². The van der Waals surface area contributed by atoms with Crippen molar-refractivity contribution in [1.82, 2.24) is 4.72 Å². The van der Waals surface area contributed by atoms with Gasteiger partial charge in [-0.2, -0.15) is 13.2 Å². The maximum Gasteiger partial charge on any atom is 0.416 e. The van der Waals surface area contributed by atoms with Gasteiger partial charge in [-0.25, -0.2) is 17.5 Å². The molecule has 1 fully saturated rings. The summed E-state index contributed by atoms with van der Waals surface area (Å²) in [5.74, 6) is -1.32. The molecular formula is C14H19ClF4N2O2S. The summed E-state index contributed by atoms with van der Waals surface area (Å²) in [5, 5.41) is 0. The monoisotopic (exact) mass is 390 g/mol. The maximum atomic E-state index is 13.8. The van der Waals surface area contributed by atoms with Gasteiger partial charge in [0.25, 0.3) is 0 Å². The van der Waals surface area contributed by atoms with Crippen LogP contribution in [0, 0.1) is 11.7 Å². The predicted molar refractivity (Wildman–Crippen MR) is 83.8 cm³/mol. The Hall–Kier alpha value is -0.900. The number of rotatable bonds is 4. The van der Waals surface area contributed by atoms with E-state index in [1.165, 1.54) is 0 Å². The largest absolute Gasteiger partial charge is 0.416 e. The zero-order valence-corrected chi connectivity index (χ0v) is 14.3. The highest BCUT2D eigenvalue weighted by molar-refractivity contribution is 7.89. The van der Waals surface area contributed by atoms with E-state index in [2.05, 4.69) is 4.72 Å². The fraction of sp³-hybridized carbons (Fsp3) is 0.571. The number of halogens is 5. The van der Waals surface area contributed by atoms with Crippen LogP contribution >= 0.6 is 12.4 Å². The van der Waals surface area contributed by atoms with Gasteiger partial charge < -0.3 is 5.73 Å². The van der Waals surface area contributed by atoms with Crippen LogP contribution in [-0.2, 0) is 16.2 Å². The Bertz CT molecular complexity index is 667. The number of sulfonamides is 1. The first-order chi connectivity index (χ1) is 10.6. The lowest BCUT2D eigenvalue weighted by Crippen LogP contribution is -2.44. The minimum Gasteiger partial charge on any atom is -0.330 e. The van der Waals surface area contributed by atoms with Crippen LogP contribution < -0.4 is 10.5 Å². The van der Waals surface area contributed by atoms with Crippen LogP contribution in [0.3, 0.4) is 0 Å². The highest BCUT2D eigenvalue weighted by Crippen LogP contribution is 2.32. The highest BCUT2D eigenvalue weighted by Gasteiger charge is 2.34. The van der Waals surface area contributed by atoms with Crippen LogP contribution in [0.25, 0.3) is 0 Å². The Balaban J connectivity index is 0.00000288. The number of alkyl halides is 3. The van der Waals surface area contributed by atoms with E-state index < -0.39 is 38.5 Å². The van der Waals surface area contributed by atoms with Crippen LogP contribution in [0.5, 0.6) is 0 Å². The molecule has 0 aromatic heterocycles. The van der Waals surface area contributed by atoms with Gasteiger partial charge in [-0.05, 0) is 43.5 Å². The zero-order valence-electron chi connectivity index (χ0n) is 12.6. The van der Waals surface area contributed by atoms with Crippen LogP contribution in [0.1, 0.15) is 31.2 Å². The minimum absolute atomic E-state index is 0. The summed E-state index contributed by atoms with van der Waals surface area (Å²) in [4.78, 5) is -0.992. The third-order valence-electron chi connectivity index (χ3n) is 4.07. The molecule has 24 heavy (non-hydrogen) atoms. The Labute approximate surface area is 144 Å². The molecular weight excluding hydrogens is 372 g/mol. The van der Waals surface area contributed by atoms with Crippen LogP contribution in [0.2, 0.25) is 0 Å². The molecule has 2 atom stereocenters. The number of benzene rings is 1. The van der Waals surface area contributed by atoms with E-state index in [-0.39, 0.29) is 24.9 Å². The average Bonchev–Trinajstić information content (AvgIpc) is 2.46. The van der Waals surface area contributed by atoms with Gasteiger partial charge in [-0.1, -0.05) is 12.8 Å². The number of nitrogens with two attached hydrogens (primary N) is 1. The highest BCUT2D eigenvalue weighted by atomic mass is 35.5. The standard InChI is InChI=1S/C14H18F4N2O2S.ClH/c15-11-6-5-10(14(16,17)18)7-13(11)23(21,22)20-12-4-2-1-3-9(12)8-19;/h5-7,9,12,20H,1-4,8,19H2;1H. The molecule has 0 bridgehead atoms. The molecule has 0 radical (unpaired) electrons. The summed E-state index contributed by atoms with van der Waals surface area (Å²) in [6, 6.07) is 0.849. The molecule has 0 amide bonds. The van der Waals surface area contributed by atoms with E-state index in [0.717, 1.165) is 19.3 Å². The van der Waals surface area contributed by atoms with Crippen molar-refractivity contribution in [2.24, 2.45) is 11.7 Å². The second kappa shape index (κ2) is 7.99. The minimum atomic E-state index is -4.75. The molecule has 2 rings (SSSR count). The van der Waals surface area contributed by atoms with Gasteiger partial charge >= 0.3 is 6.18 Å². The molecule has 138 valence electrons. The maximum absolute atomic E-state index is 13.8. The van der Waals surface area contributed by atoms with Crippen molar-refractivity contribution >= 4 is 22.4 Å². The lowest BCUT2D eigenvalue weighted by molar-refractivity contribution is -0.137. The molecule has 0 spiro atoms. The first-order valence-electron chi connectivity index (χ1n) is 7.24. The van der Waals surface area contributed by atoms with E-state index in [0.29, 0.717) is 24.6 Å². The van der Waals surface area contributed by atoms with Crippen molar-refractivity contribution in [1.29, 1.82) is 0 Å². The SMILES string of the molecule is Cl.NCC1CCCCC1NS(=O)(=O)c1cc(C(F)(F)F)ccc1F. The summed E-state index contributed by atoms with van der Waals surface area (Å²) >= 11 is 0. The van der Waals surface area contributed by atoms with Gasteiger partial charge in [0.1, 0.15) is 10.7 Å². The number of hydrogen-bond donors (Lipinski definition) is 2. The summed E-state index contributed by atoms with van der Waals surface area (Å²) in [5.41, 5.74) is 4.39. The van der Waals surface area contributed by atoms with Crippen molar-refractivity contribution in [3.8, 4) is 0 Å². The second-order valence-corrected chi connectivity index (χ2v) is 7.33. The Morgan fingerprint density at radius 3 is 2.42 bits per heavy atom. The fourth-order valence-electron chi connectivity index (χ4n) is 2.79. The molecule has 1 aromatic rings. The van der Waals surface area contributed by atoms with Gasteiger partial charge in [-0.3, -0.25) is 0 Å². The third kappa shape index (κ3) is 4.81. The van der Waals surface area contributed by atoms with Crippen molar-refractivity contribution in [3.05, 3.63) is 29.6 Å². The molecule has 1 aliphatic rings. The van der Waals surface area contributed by atoms with Crippen molar-refractivity contribution in [2.75, 3.05) is 6.54 Å². The summed E-state index contributed by atoms with van der Waals surface area (Å²) in [6.45, 7) is 0.262. The smallest absolute Gasteiger partial charge is 0.330 e. The predicted octanol–water partition coefficient (Wildman–Crippen LogP) is 3.06. The van der Waals surface area contributed by atoms with Gasteiger partial charge in [0.2, 0.25) is 10.0 Å². The number of hydrogen-bond acceptors (Lipinski definition) is 3. The molecule has 0 saturated heterocycles. The first kappa shape index (κ1) is 21.1. The molecule has 4 nitrogen and oxygen atoms in total. The van der Waals surface area contributed by atoms with Crippen LogP contribution in [0.15, 0.2) is 23.1 Å². The first-order valence-corrected chi connectivity index (χ1v) is 8.72. The van der Waals surface area contributed by atoms with Crippen LogP contribution in [0.4, 0.5) is 17.6 Å². The Kier molecular flexibility index (Phi) is 7.04. The molecule has 2 unspecified atom stereocenters. The Morgan fingerprint density at radius 1 is 1.21 bits per heavy atom. The molecule has 1 saturated carbocycles. The average molecular weight is 391 g/mol. The van der Waals surface area contributed by atoms with Gasteiger partial charge in [-0.15, -0.1) is 12.4 Å². The van der Waals surface area contributed by atoms with Gasteiger partial charge in [0, 0.05) is 6.04 Å². The summed E-state index contributed by atoms with van der Waals surface area (Å²) in [7, 11) is -4.40. The molecule has 10 heteroatoms. The molecule has 1 aromatic carbocycles. The van der Waals surface area contributed by atoms with E-state index in [1.807, 2.05) is 0 Å². The second-order valence-electron chi connectivity index (χ2n) is 5.65. The summed E-state index contributed by atoms with van der Waals surface area (Å²) < 4.78 is 78.8. The van der Waals surface area contributed by atoms with E-state index in [4.69, 9.17) is 5.73 Å². The molecule has 0 aliphatic heterocycles. The van der Waals surface area contributed by atoms with Gasteiger partial charge in [0.05, 0.1) is 5.56 Å². The Morgan fingerprint density at radius 2 is 1.83 bits per heavy atom. The fourth-order valence-corrected chi connectivity index (χ4v) is 4.24. The molecule has 3 N–H and O–H groups in total. The van der Waals surface area contributed by atoms with Crippen molar-refractivity contribution in [3.63, 3.8) is 0 Å². The lowest BCUT2D eigenvalue weighted by Gasteiger charge is -2.31. The molecule has 0 heterocycles. The quantitative estimate of drug-likeness (QED) is 0.776. The van der Waals surface area contributed by atoms with Crippen LogP contribution in [-0.4, -0.2) is 21.0 Å². The summed E-state index contributed by atoms with van der Waals surface area (Å²) in [6.07, 6.45) is -1.79. The normalized spacial score (nSPS) is 22.0. The van der Waals surface area contributed by atoms with Crippen molar-refractivity contribution in [2.45, 2.75) is 42.8 Å². The van der Waals surface area contributed by atoms with E-state index >= 15 is 0 Å². The molecule has 1 aliphatic carbocycles. The van der Waals surface area contributed by atoms with E-state index in [1.54, 1.807) is 0 Å². The zero-order chi connectivity index (χ0) is 17.3. The third-order valence-corrected chi connectivity index (χ3v) is 5.57.